The summed E-state index contributed by atoms with van der Waals surface area (Å²) < 4.78 is 7.27. The van der Waals surface area contributed by atoms with E-state index in [-0.39, 0.29) is 17.5 Å². The Morgan fingerprint density at radius 2 is 2.10 bits per heavy atom. The van der Waals surface area contributed by atoms with Crippen LogP contribution in [0.15, 0.2) is 4.79 Å². The van der Waals surface area contributed by atoms with Crippen LogP contribution >= 0.6 is 0 Å². The number of piperidine rings is 1. The molecule has 3 heterocycles. The first kappa shape index (κ1) is 21.6. The average molecular weight is 405 g/mol. The minimum atomic E-state index is -0.185. The lowest BCUT2D eigenvalue weighted by Crippen LogP contribution is -2.39. The third-order valence-corrected chi connectivity index (χ3v) is 5.88. The summed E-state index contributed by atoms with van der Waals surface area (Å²) in [6.07, 6.45) is 7.83. The number of aromatic nitrogens is 4. The van der Waals surface area contributed by atoms with Crippen LogP contribution in [-0.2, 0) is 6.54 Å². The highest BCUT2D eigenvalue weighted by atomic mass is 16.5. The number of nitrogens with two attached hydrogens (primary N) is 1. The van der Waals surface area contributed by atoms with Gasteiger partial charge in [0.05, 0.1) is 6.61 Å². The second-order valence-electron chi connectivity index (χ2n) is 8.47. The highest BCUT2D eigenvalue weighted by molar-refractivity contribution is 5.81. The number of H-pyrrole nitrogens is 1. The molecule has 1 unspecified atom stereocenters. The SMILES string of the molecule is CCCCOc1nc(N)c2[nH]c(=O)n(CCCCC3CCCN(C(C)C)C3)c2n1. The van der Waals surface area contributed by atoms with E-state index >= 15 is 0 Å². The summed E-state index contributed by atoms with van der Waals surface area (Å²) in [7, 11) is 0. The summed E-state index contributed by atoms with van der Waals surface area (Å²) in [6, 6.07) is 0.869. The summed E-state index contributed by atoms with van der Waals surface area (Å²) in [6.45, 7) is 10.3. The summed E-state index contributed by atoms with van der Waals surface area (Å²) in [5.41, 5.74) is 6.87. The van der Waals surface area contributed by atoms with Crippen LogP contribution in [0, 0.1) is 5.92 Å². The lowest BCUT2D eigenvalue weighted by Gasteiger charge is -2.35. The number of rotatable bonds is 10. The van der Waals surface area contributed by atoms with Gasteiger partial charge in [-0.2, -0.15) is 9.97 Å². The van der Waals surface area contributed by atoms with Crippen LogP contribution in [0.25, 0.3) is 11.2 Å². The standard InChI is InChI=1S/C21H36N6O2/c1-4-5-13-29-20-24-18(22)17-19(25-20)27(21(28)23-17)12-7-6-9-16-10-8-11-26(14-16)15(2)3/h15-16H,4-14H2,1-3H3,(H,23,28)(H2,22,24,25). The molecule has 3 rings (SSSR count). The van der Waals surface area contributed by atoms with Crippen molar-refractivity contribution in [3.63, 3.8) is 0 Å². The molecule has 2 aromatic heterocycles. The average Bonchev–Trinajstić information content (AvgIpc) is 3.02. The van der Waals surface area contributed by atoms with Crippen molar-refractivity contribution in [2.45, 2.75) is 78.3 Å². The highest BCUT2D eigenvalue weighted by Gasteiger charge is 2.21. The number of ether oxygens (including phenoxy) is 1. The van der Waals surface area contributed by atoms with Gasteiger partial charge in [-0.15, -0.1) is 0 Å². The van der Waals surface area contributed by atoms with Gasteiger partial charge >= 0.3 is 11.7 Å². The molecule has 8 heteroatoms. The molecule has 1 fully saturated rings. The van der Waals surface area contributed by atoms with E-state index in [0.717, 1.165) is 31.6 Å². The van der Waals surface area contributed by atoms with Gasteiger partial charge in [-0.1, -0.05) is 19.8 Å². The number of likely N-dealkylation sites (tertiary alicyclic amines) is 1. The summed E-state index contributed by atoms with van der Waals surface area (Å²) >= 11 is 0. The molecular formula is C21H36N6O2. The Hall–Kier alpha value is -2.09. The lowest BCUT2D eigenvalue weighted by atomic mass is 9.92. The van der Waals surface area contributed by atoms with Gasteiger partial charge in [-0.05, 0) is 58.4 Å². The maximum Gasteiger partial charge on any atom is 0.327 e. The van der Waals surface area contributed by atoms with Crippen molar-refractivity contribution in [1.29, 1.82) is 0 Å². The van der Waals surface area contributed by atoms with Crippen LogP contribution in [0.5, 0.6) is 6.01 Å². The molecule has 8 nitrogen and oxygen atoms in total. The van der Waals surface area contributed by atoms with Crippen molar-refractivity contribution < 1.29 is 4.74 Å². The van der Waals surface area contributed by atoms with Crippen molar-refractivity contribution in [1.82, 2.24) is 24.4 Å². The number of imidazole rings is 1. The molecule has 0 bridgehead atoms. The van der Waals surface area contributed by atoms with E-state index < -0.39 is 0 Å². The smallest absolute Gasteiger partial charge is 0.327 e. The Bertz CT molecular complexity index is 844. The summed E-state index contributed by atoms with van der Waals surface area (Å²) in [5.74, 6) is 1.02. The molecule has 3 N–H and O–H groups in total. The molecule has 1 aliphatic heterocycles. The largest absolute Gasteiger partial charge is 0.463 e. The molecule has 1 aliphatic rings. The van der Waals surface area contributed by atoms with E-state index in [9.17, 15) is 4.79 Å². The second-order valence-corrected chi connectivity index (χ2v) is 8.47. The van der Waals surface area contributed by atoms with Gasteiger partial charge in [0.15, 0.2) is 11.5 Å². The number of anilines is 1. The Kier molecular flexibility index (Phi) is 7.52. The number of hydrogen-bond donors (Lipinski definition) is 2. The number of fused-ring (bicyclic) bond motifs is 1. The zero-order valence-electron chi connectivity index (χ0n) is 18.1. The van der Waals surface area contributed by atoms with Crippen molar-refractivity contribution in [3.05, 3.63) is 10.5 Å². The van der Waals surface area contributed by atoms with Gasteiger partial charge < -0.3 is 20.4 Å². The van der Waals surface area contributed by atoms with Crippen LogP contribution in [-0.4, -0.2) is 50.2 Å². The molecule has 0 aliphatic carbocycles. The number of nitrogen functional groups attached to an aromatic ring is 1. The van der Waals surface area contributed by atoms with Crippen LogP contribution in [0.2, 0.25) is 0 Å². The normalized spacial score (nSPS) is 18.0. The number of nitrogens with one attached hydrogen (secondary N) is 1. The number of aromatic amines is 1. The highest BCUT2D eigenvalue weighted by Crippen LogP contribution is 2.23. The number of nitrogens with zero attached hydrogens (tertiary/aromatic N) is 4. The van der Waals surface area contributed by atoms with E-state index in [4.69, 9.17) is 10.5 Å². The first-order valence-corrected chi connectivity index (χ1v) is 11.1. The van der Waals surface area contributed by atoms with E-state index in [0.29, 0.717) is 30.4 Å². The van der Waals surface area contributed by atoms with Crippen molar-refractivity contribution in [3.8, 4) is 6.01 Å². The Balaban J connectivity index is 1.59. The van der Waals surface area contributed by atoms with Crippen LogP contribution in [0.1, 0.15) is 65.7 Å². The molecule has 1 atom stereocenters. The molecule has 0 radical (unpaired) electrons. The van der Waals surface area contributed by atoms with Crippen LogP contribution in [0.4, 0.5) is 5.82 Å². The predicted octanol–water partition coefficient (Wildman–Crippen LogP) is 3.17. The molecule has 0 saturated carbocycles. The van der Waals surface area contributed by atoms with Crippen molar-refractivity contribution >= 4 is 17.0 Å². The fourth-order valence-corrected chi connectivity index (χ4v) is 4.12. The number of aryl methyl sites for hydroxylation is 1. The summed E-state index contributed by atoms with van der Waals surface area (Å²) in [5, 5.41) is 0. The molecular weight excluding hydrogens is 368 g/mol. The fraction of sp³-hybridized carbons (Fsp3) is 0.762. The van der Waals surface area contributed by atoms with Gasteiger partial charge in [0.25, 0.3) is 0 Å². The Labute approximate surface area is 172 Å². The van der Waals surface area contributed by atoms with Gasteiger partial charge in [-0.3, -0.25) is 4.57 Å². The minimum absolute atomic E-state index is 0.185. The topological polar surface area (TPSA) is 102 Å². The minimum Gasteiger partial charge on any atom is -0.463 e. The maximum atomic E-state index is 12.4. The van der Waals surface area contributed by atoms with E-state index in [1.807, 2.05) is 0 Å². The maximum absolute atomic E-state index is 12.4. The molecule has 0 aromatic carbocycles. The number of unbranched alkanes of at least 4 members (excludes halogenated alkanes) is 2. The lowest BCUT2D eigenvalue weighted by molar-refractivity contribution is 0.133. The zero-order valence-corrected chi connectivity index (χ0v) is 18.1. The first-order valence-electron chi connectivity index (χ1n) is 11.1. The van der Waals surface area contributed by atoms with E-state index in [2.05, 4.69) is 40.6 Å². The Morgan fingerprint density at radius 1 is 1.28 bits per heavy atom. The van der Waals surface area contributed by atoms with Gasteiger partial charge in [0.1, 0.15) is 5.52 Å². The van der Waals surface area contributed by atoms with Gasteiger partial charge in [0.2, 0.25) is 0 Å². The van der Waals surface area contributed by atoms with Crippen LogP contribution in [0.3, 0.4) is 0 Å². The van der Waals surface area contributed by atoms with E-state index in [1.54, 1.807) is 4.57 Å². The Morgan fingerprint density at radius 3 is 2.86 bits per heavy atom. The third-order valence-electron chi connectivity index (χ3n) is 5.88. The number of hydrogen-bond acceptors (Lipinski definition) is 6. The van der Waals surface area contributed by atoms with Crippen molar-refractivity contribution in [2.75, 3.05) is 25.4 Å². The van der Waals surface area contributed by atoms with Crippen molar-refractivity contribution in [2.24, 2.45) is 5.92 Å². The van der Waals surface area contributed by atoms with E-state index in [1.165, 1.54) is 32.4 Å². The molecule has 2 aromatic rings. The van der Waals surface area contributed by atoms with Gasteiger partial charge in [0, 0.05) is 19.1 Å². The van der Waals surface area contributed by atoms with Crippen LogP contribution < -0.4 is 16.2 Å². The predicted molar refractivity (Wildman–Crippen MR) is 116 cm³/mol. The monoisotopic (exact) mass is 404 g/mol. The molecule has 0 spiro atoms. The molecule has 162 valence electrons. The molecule has 1 saturated heterocycles. The molecule has 29 heavy (non-hydrogen) atoms. The quantitative estimate of drug-likeness (QED) is 0.590. The second kappa shape index (κ2) is 10.1. The zero-order chi connectivity index (χ0) is 20.8. The molecule has 0 amide bonds. The summed E-state index contributed by atoms with van der Waals surface area (Å²) in [4.78, 5) is 26.4. The van der Waals surface area contributed by atoms with Gasteiger partial charge in [-0.25, -0.2) is 4.79 Å². The third kappa shape index (κ3) is 5.50. The fourth-order valence-electron chi connectivity index (χ4n) is 4.12. The first-order chi connectivity index (χ1) is 14.0.